The van der Waals surface area contributed by atoms with Crippen molar-refractivity contribution in [3.63, 3.8) is 0 Å². The first-order valence-electron chi connectivity index (χ1n) is 10.2. The number of amides is 1. The molecule has 0 heterocycles. The van der Waals surface area contributed by atoms with Crippen molar-refractivity contribution in [2.24, 2.45) is 0 Å². The molecule has 0 fully saturated rings. The summed E-state index contributed by atoms with van der Waals surface area (Å²) >= 11 is 0. The van der Waals surface area contributed by atoms with E-state index in [-0.39, 0.29) is 11.9 Å². The molecule has 28 heavy (non-hydrogen) atoms. The van der Waals surface area contributed by atoms with E-state index in [1.165, 1.54) is 35.1 Å². The molecule has 2 heteroatoms. The normalized spacial score (nSPS) is 13.8. The zero-order valence-corrected chi connectivity index (χ0v) is 16.4. The van der Waals surface area contributed by atoms with Gasteiger partial charge >= 0.3 is 0 Å². The second-order valence-electron chi connectivity index (χ2n) is 7.72. The summed E-state index contributed by atoms with van der Waals surface area (Å²) in [5, 5.41) is 3.20. The van der Waals surface area contributed by atoms with Gasteiger partial charge < -0.3 is 5.32 Å². The van der Waals surface area contributed by atoms with Crippen LogP contribution in [-0.2, 0) is 25.7 Å². The quantitative estimate of drug-likeness (QED) is 0.615. The second-order valence-corrected chi connectivity index (χ2v) is 7.72. The fourth-order valence-corrected chi connectivity index (χ4v) is 4.10. The molecule has 0 radical (unpaired) electrons. The van der Waals surface area contributed by atoms with Gasteiger partial charge in [0.05, 0.1) is 6.04 Å². The molecule has 3 aromatic carbocycles. The van der Waals surface area contributed by atoms with Gasteiger partial charge in [-0.3, -0.25) is 4.79 Å². The Morgan fingerprint density at radius 2 is 1.64 bits per heavy atom. The van der Waals surface area contributed by atoms with Crippen molar-refractivity contribution in [1.82, 2.24) is 5.32 Å². The highest BCUT2D eigenvalue weighted by atomic mass is 16.1. The SMILES string of the molecule is CC(NC(=O)c1ccccc1CCc1ccccc1)c1ccc2c(c1)CCC2. The average Bonchev–Trinajstić information content (AvgIpc) is 3.21. The fraction of sp³-hybridized carbons (Fsp3) is 0.269. The van der Waals surface area contributed by atoms with Crippen molar-refractivity contribution in [2.45, 2.75) is 45.1 Å². The topological polar surface area (TPSA) is 29.1 Å². The minimum atomic E-state index is 0.000537. The Balaban J connectivity index is 1.46. The summed E-state index contributed by atoms with van der Waals surface area (Å²) in [7, 11) is 0. The Morgan fingerprint density at radius 3 is 2.50 bits per heavy atom. The Bertz CT molecular complexity index is 961. The molecule has 0 saturated heterocycles. The standard InChI is InChI=1S/C26H27NO/c1-19(23-17-16-21-11-7-12-24(21)18-23)27-26(28)25-13-6-5-10-22(25)15-14-20-8-3-2-4-9-20/h2-6,8-10,13,16-19H,7,11-12,14-15H2,1H3,(H,27,28). The van der Waals surface area contributed by atoms with E-state index < -0.39 is 0 Å². The lowest BCUT2D eigenvalue weighted by Gasteiger charge is -2.17. The number of hydrogen-bond acceptors (Lipinski definition) is 1. The van der Waals surface area contributed by atoms with E-state index in [1.807, 2.05) is 24.3 Å². The molecule has 1 atom stereocenters. The number of benzene rings is 3. The maximum atomic E-state index is 13.0. The molecule has 0 aliphatic heterocycles. The minimum absolute atomic E-state index is 0.000537. The van der Waals surface area contributed by atoms with Crippen molar-refractivity contribution in [2.75, 3.05) is 0 Å². The van der Waals surface area contributed by atoms with Crippen LogP contribution in [0.2, 0.25) is 0 Å². The van der Waals surface area contributed by atoms with Crippen molar-refractivity contribution in [3.05, 3.63) is 106 Å². The maximum Gasteiger partial charge on any atom is 0.252 e. The van der Waals surface area contributed by atoms with Gasteiger partial charge in [-0.1, -0.05) is 66.7 Å². The van der Waals surface area contributed by atoms with Crippen molar-refractivity contribution < 1.29 is 4.79 Å². The Kier molecular flexibility index (Phi) is 5.57. The molecule has 0 aromatic heterocycles. The van der Waals surface area contributed by atoms with Crippen LogP contribution in [0.3, 0.4) is 0 Å². The molecule has 142 valence electrons. The molecular formula is C26H27NO. The van der Waals surface area contributed by atoms with Gasteiger partial charge in [0.2, 0.25) is 0 Å². The molecule has 2 nitrogen and oxygen atoms in total. The van der Waals surface area contributed by atoms with Crippen LogP contribution in [0.15, 0.2) is 72.8 Å². The van der Waals surface area contributed by atoms with E-state index in [4.69, 9.17) is 0 Å². The first-order valence-corrected chi connectivity index (χ1v) is 10.2. The second kappa shape index (κ2) is 8.43. The summed E-state index contributed by atoms with van der Waals surface area (Å²) in [5.41, 5.74) is 7.28. The number of hydrogen-bond donors (Lipinski definition) is 1. The van der Waals surface area contributed by atoms with Crippen molar-refractivity contribution in [3.8, 4) is 0 Å². The number of aryl methyl sites for hydroxylation is 4. The van der Waals surface area contributed by atoms with E-state index in [1.54, 1.807) is 0 Å². The molecule has 1 aliphatic carbocycles. The van der Waals surface area contributed by atoms with E-state index in [0.717, 1.165) is 30.4 Å². The van der Waals surface area contributed by atoms with Crippen LogP contribution >= 0.6 is 0 Å². The highest BCUT2D eigenvalue weighted by molar-refractivity contribution is 5.95. The third-order valence-corrected chi connectivity index (χ3v) is 5.76. The maximum absolute atomic E-state index is 13.0. The van der Waals surface area contributed by atoms with Gasteiger partial charge in [0.1, 0.15) is 0 Å². The smallest absolute Gasteiger partial charge is 0.252 e. The molecule has 3 aromatic rings. The predicted molar refractivity (Wildman–Crippen MR) is 115 cm³/mol. The largest absolute Gasteiger partial charge is 0.346 e. The van der Waals surface area contributed by atoms with Crippen LogP contribution in [0, 0.1) is 0 Å². The summed E-state index contributed by atoms with van der Waals surface area (Å²) in [6.07, 6.45) is 5.39. The Labute approximate surface area is 167 Å². The van der Waals surface area contributed by atoms with Gasteiger partial charge in [-0.05, 0) is 72.9 Å². The molecule has 0 saturated carbocycles. The molecule has 0 spiro atoms. The van der Waals surface area contributed by atoms with E-state index >= 15 is 0 Å². The number of carbonyl (C=O) groups excluding carboxylic acids is 1. The van der Waals surface area contributed by atoms with E-state index in [0.29, 0.717) is 0 Å². The average molecular weight is 370 g/mol. The van der Waals surface area contributed by atoms with E-state index in [9.17, 15) is 4.79 Å². The van der Waals surface area contributed by atoms with Gasteiger partial charge in [0, 0.05) is 5.56 Å². The molecule has 0 bridgehead atoms. The monoisotopic (exact) mass is 369 g/mol. The van der Waals surface area contributed by atoms with Crippen LogP contribution in [-0.4, -0.2) is 5.91 Å². The summed E-state index contributed by atoms with van der Waals surface area (Å²) < 4.78 is 0. The minimum Gasteiger partial charge on any atom is -0.346 e. The lowest BCUT2D eigenvalue weighted by Crippen LogP contribution is -2.27. The lowest BCUT2D eigenvalue weighted by atomic mass is 9.98. The molecular weight excluding hydrogens is 342 g/mol. The third kappa shape index (κ3) is 4.17. The van der Waals surface area contributed by atoms with Gasteiger partial charge in [-0.15, -0.1) is 0 Å². The van der Waals surface area contributed by atoms with Crippen LogP contribution in [0.4, 0.5) is 0 Å². The summed E-state index contributed by atoms with van der Waals surface area (Å²) in [4.78, 5) is 13.0. The number of rotatable bonds is 6. The van der Waals surface area contributed by atoms with Gasteiger partial charge in [-0.2, -0.15) is 0 Å². The molecule has 1 N–H and O–H groups in total. The fourth-order valence-electron chi connectivity index (χ4n) is 4.10. The summed E-state index contributed by atoms with van der Waals surface area (Å²) in [5.74, 6) is 0.0108. The Morgan fingerprint density at radius 1 is 0.893 bits per heavy atom. The highest BCUT2D eigenvalue weighted by Gasteiger charge is 2.17. The Hall–Kier alpha value is -2.87. The van der Waals surface area contributed by atoms with Gasteiger partial charge in [0.25, 0.3) is 5.91 Å². The van der Waals surface area contributed by atoms with Crippen molar-refractivity contribution >= 4 is 5.91 Å². The first kappa shape index (κ1) is 18.5. The predicted octanol–water partition coefficient (Wildman–Crippen LogP) is 5.45. The highest BCUT2D eigenvalue weighted by Crippen LogP contribution is 2.25. The first-order chi connectivity index (χ1) is 13.7. The molecule has 1 aliphatic rings. The van der Waals surface area contributed by atoms with E-state index in [2.05, 4.69) is 60.8 Å². The van der Waals surface area contributed by atoms with Crippen molar-refractivity contribution in [1.29, 1.82) is 0 Å². The lowest BCUT2D eigenvalue weighted by molar-refractivity contribution is 0.0939. The van der Waals surface area contributed by atoms with Crippen LogP contribution < -0.4 is 5.32 Å². The zero-order chi connectivity index (χ0) is 19.3. The van der Waals surface area contributed by atoms with Crippen LogP contribution in [0.1, 0.15) is 57.6 Å². The zero-order valence-electron chi connectivity index (χ0n) is 16.4. The molecule has 1 amide bonds. The van der Waals surface area contributed by atoms with Crippen LogP contribution in [0.25, 0.3) is 0 Å². The van der Waals surface area contributed by atoms with Crippen LogP contribution in [0.5, 0.6) is 0 Å². The molecule has 1 unspecified atom stereocenters. The summed E-state index contributed by atoms with van der Waals surface area (Å²) in [6.45, 7) is 2.07. The van der Waals surface area contributed by atoms with Gasteiger partial charge in [-0.25, -0.2) is 0 Å². The number of fused-ring (bicyclic) bond motifs is 1. The number of carbonyl (C=O) groups is 1. The van der Waals surface area contributed by atoms with Gasteiger partial charge in [0.15, 0.2) is 0 Å². The molecule has 4 rings (SSSR count). The third-order valence-electron chi connectivity index (χ3n) is 5.76. The summed E-state index contributed by atoms with van der Waals surface area (Å²) in [6, 6.07) is 25.1. The number of nitrogens with one attached hydrogen (secondary N) is 1.